The number of rotatable bonds is 10. The molecule has 0 aromatic carbocycles. The summed E-state index contributed by atoms with van der Waals surface area (Å²) in [5, 5.41) is 6.84. The SMILES string of the molecule is CCNC(=NCC(C)(C)N1CCCC(C)C1)NCCCOCC1CCOCC1. The van der Waals surface area contributed by atoms with E-state index in [9.17, 15) is 0 Å². The molecule has 164 valence electrons. The van der Waals surface area contributed by atoms with Gasteiger partial charge >= 0.3 is 0 Å². The van der Waals surface area contributed by atoms with Crippen molar-refractivity contribution in [3.63, 3.8) is 0 Å². The molecule has 1 unspecified atom stereocenters. The van der Waals surface area contributed by atoms with Crippen LogP contribution in [0.1, 0.15) is 59.8 Å². The Bertz CT molecular complexity index is 450. The summed E-state index contributed by atoms with van der Waals surface area (Å²) in [6.07, 6.45) is 5.94. The third kappa shape index (κ3) is 8.66. The number of guanidine groups is 1. The highest BCUT2D eigenvalue weighted by Gasteiger charge is 2.30. The fraction of sp³-hybridized carbons (Fsp3) is 0.955. The molecule has 0 bridgehead atoms. The Labute approximate surface area is 172 Å². The van der Waals surface area contributed by atoms with Crippen LogP contribution in [0.15, 0.2) is 4.99 Å². The van der Waals surface area contributed by atoms with E-state index in [1.807, 2.05) is 0 Å². The van der Waals surface area contributed by atoms with Gasteiger partial charge in [0.15, 0.2) is 5.96 Å². The predicted molar refractivity (Wildman–Crippen MR) is 117 cm³/mol. The van der Waals surface area contributed by atoms with E-state index in [0.717, 1.165) is 77.2 Å². The lowest BCUT2D eigenvalue weighted by Gasteiger charge is -2.42. The number of piperidine rings is 1. The zero-order valence-corrected chi connectivity index (χ0v) is 18.8. The number of hydrogen-bond donors (Lipinski definition) is 2. The van der Waals surface area contributed by atoms with Crippen molar-refractivity contribution in [2.24, 2.45) is 16.8 Å². The molecule has 1 atom stereocenters. The van der Waals surface area contributed by atoms with Crippen molar-refractivity contribution in [2.75, 3.05) is 59.2 Å². The summed E-state index contributed by atoms with van der Waals surface area (Å²) in [4.78, 5) is 7.48. The average Bonchev–Trinajstić information content (AvgIpc) is 2.69. The summed E-state index contributed by atoms with van der Waals surface area (Å²) in [5.74, 6) is 2.40. The summed E-state index contributed by atoms with van der Waals surface area (Å²) in [6, 6.07) is 0. The highest BCUT2D eigenvalue weighted by Crippen LogP contribution is 2.24. The maximum Gasteiger partial charge on any atom is 0.191 e. The largest absolute Gasteiger partial charge is 0.381 e. The maximum absolute atomic E-state index is 5.86. The molecule has 0 saturated carbocycles. The molecular formula is C22H44N4O2. The van der Waals surface area contributed by atoms with Crippen LogP contribution in [0.4, 0.5) is 0 Å². The number of nitrogens with zero attached hydrogens (tertiary/aromatic N) is 2. The first-order chi connectivity index (χ1) is 13.5. The van der Waals surface area contributed by atoms with Crippen LogP contribution in [0.25, 0.3) is 0 Å². The van der Waals surface area contributed by atoms with Gasteiger partial charge in [0.1, 0.15) is 0 Å². The summed E-state index contributed by atoms with van der Waals surface area (Å²) >= 11 is 0. The molecule has 2 aliphatic rings. The lowest BCUT2D eigenvalue weighted by atomic mass is 9.94. The van der Waals surface area contributed by atoms with Gasteiger partial charge in [0, 0.05) is 51.6 Å². The zero-order valence-electron chi connectivity index (χ0n) is 18.8. The third-order valence-electron chi connectivity index (χ3n) is 5.93. The van der Waals surface area contributed by atoms with Crippen molar-refractivity contribution in [2.45, 2.75) is 65.3 Å². The van der Waals surface area contributed by atoms with Crippen LogP contribution in [0.3, 0.4) is 0 Å². The van der Waals surface area contributed by atoms with Crippen molar-refractivity contribution >= 4 is 5.96 Å². The van der Waals surface area contributed by atoms with E-state index >= 15 is 0 Å². The number of hydrogen-bond acceptors (Lipinski definition) is 4. The molecule has 2 heterocycles. The molecule has 0 amide bonds. The standard InChI is InChI=1S/C22H44N4O2/c1-5-23-21(24-11-7-13-28-17-20-9-14-27-15-10-20)25-18-22(3,4)26-12-6-8-19(2)16-26/h19-20H,5-18H2,1-4H3,(H2,23,24,25). The van der Waals surface area contributed by atoms with E-state index < -0.39 is 0 Å². The van der Waals surface area contributed by atoms with E-state index in [1.165, 1.54) is 25.9 Å². The molecule has 28 heavy (non-hydrogen) atoms. The number of nitrogens with one attached hydrogen (secondary N) is 2. The van der Waals surface area contributed by atoms with Gasteiger partial charge < -0.3 is 20.1 Å². The van der Waals surface area contributed by atoms with E-state index in [4.69, 9.17) is 14.5 Å². The Balaban J connectivity index is 1.66. The topological polar surface area (TPSA) is 58.1 Å². The van der Waals surface area contributed by atoms with Gasteiger partial charge in [0.05, 0.1) is 6.54 Å². The lowest BCUT2D eigenvalue weighted by Crippen LogP contribution is -2.51. The van der Waals surface area contributed by atoms with E-state index in [2.05, 4.69) is 43.2 Å². The van der Waals surface area contributed by atoms with Gasteiger partial charge in [-0.25, -0.2) is 0 Å². The average molecular weight is 397 g/mol. The Morgan fingerprint density at radius 1 is 1.21 bits per heavy atom. The normalized spacial score (nSPS) is 23.0. The molecular weight excluding hydrogens is 352 g/mol. The minimum atomic E-state index is 0.101. The summed E-state index contributed by atoms with van der Waals surface area (Å²) in [6.45, 7) is 17.6. The first-order valence-electron chi connectivity index (χ1n) is 11.4. The van der Waals surface area contributed by atoms with Gasteiger partial charge in [-0.15, -0.1) is 0 Å². The van der Waals surface area contributed by atoms with Gasteiger partial charge in [0.25, 0.3) is 0 Å². The van der Waals surface area contributed by atoms with Crippen LogP contribution in [0.2, 0.25) is 0 Å². The van der Waals surface area contributed by atoms with Gasteiger partial charge in [-0.05, 0) is 71.3 Å². The fourth-order valence-electron chi connectivity index (χ4n) is 4.00. The van der Waals surface area contributed by atoms with Gasteiger partial charge in [-0.1, -0.05) is 6.92 Å². The molecule has 6 heteroatoms. The zero-order chi connectivity index (χ0) is 20.2. The maximum atomic E-state index is 5.86. The highest BCUT2D eigenvalue weighted by atomic mass is 16.5. The number of likely N-dealkylation sites (tertiary alicyclic amines) is 1. The van der Waals surface area contributed by atoms with Crippen molar-refractivity contribution in [1.82, 2.24) is 15.5 Å². The molecule has 2 saturated heterocycles. The molecule has 0 aromatic rings. The van der Waals surface area contributed by atoms with Crippen LogP contribution in [0.5, 0.6) is 0 Å². The highest BCUT2D eigenvalue weighted by molar-refractivity contribution is 5.79. The summed E-state index contributed by atoms with van der Waals surface area (Å²) in [7, 11) is 0. The summed E-state index contributed by atoms with van der Waals surface area (Å²) < 4.78 is 11.3. The molecule has 2 fully saturated rings. The Kier molecular flexibility index (Phi) is 10.6. The first kappa shape index (κ1) is 23.4. The molecule has 0 aromatic heterocycles. The number of aliphatic imine (C=N–C) groups is 1. The molecule has 6 nitrogen and oxygen atoms in total. The van der Waals surface area contributed by atoms with E-state index in [0.29, 0.717) is 5.92 Å². The fourth-order valence-corrected chi connectivity index (χ4v) is 4.00. The monoisotopic (exact) mass is 396 g/mol. The van der Waals surface area contributed by atoms with Crippen molar-refractivity contribution < 1.29 is 9.47 Å². The molecule has 0 spiro atoms. The van der Waals surface area contributed by atoms with Crippen molar-refractivity contribution in [3.8, 4) is 0 Å². The second-order valence-corrected chi connectivity index (χ2v) is 9.11. The minimum Gasteiger partial charge on any atom is -0.381 e. The lowest BCUT2D eigenvalue weighted by molar-refractivity contribution is 0.0203. The number of ether oxygens (including phenoxy) is 2. The molecule has 0 aliphatic carbocycles. The van der Waals surface area contributed by atoms with Gasteiger partial charge in [-0.2, -0.15) is 0 Å². The van der Waals surface area contributed by atoms with Gasteiger partial charge in [0.2, 0.25) is 0 Å². The van der Waals surface area contributed by atoms with Crippen LogP contribution in [0, 0.1) is 11.8 Å². The predicted octanol–water partition coefficient (Wildman–Crippen LogP) is 2.89. The minimum absolute atomic E-state index is 0.101. The molecule has 2 aliphatic heterocycles. The van der Waals surface area contributed by atoms with Crippen LogP contribution >= 0.6 is 0 Å². The summed E-state index contributed by atoms with van der Waals surface area (Å²) in [5.41, 5.74) is 0.101. The Morgan fingerprint density at radius 2 is 2.00 bits per heavy atom. The van der Waals surface area contributed by atoms with Crippen LogP contribution < -0.4 is 10.6 Å². The van der Waals surface area contributed by atoms with Crippen molar-refractivity contribution in [3.05, 3.63) is 0 Å². The Hall–Kier alpha value is -0.850. The van der Waals surface area contributed by atoms with E-state index in [-0.39, 0.29) is 5.54 Å². The Morgan fingerprint density at radius 3 is 2.71 bits per heavy atom. The molecule has 0 radical (unpaired) electrons. The first-order valence-corrected chi connectivity index (χ1v) is 11.4. The molecule has 2 N–H and O–H groups in total. The molecule has 2 rings (SSSR count). The van der Waals surface area contributed by atoms with Crippen molar-refractivity contribution in [1.29, 1.82) is 0 Å². The quantitative estimate of drug-likeness (QED) is 0.338. The van der Waals surface area contributed by atoms with E-state index in [1.54, 1.807) is 0 Å². The smallest absolute Gasteiger partial charge is 0.191 e. The van der Waals surface area contributed by atoms with Crippen LogP contribution in [-0.2, 0) is 9.47 Å². The van der Waals surface area contributed by atoms with Crippen LogP contribution in [-0.4, -0.2) is 75.5 Å². The second-order valence-electron chi connectivity index (χ2n) is 9.11. The third-order valence-corrected chi connectivity index (χ3v) is 5.93. The second kappa shape index (κ2) is 12.7. The van der Waals surface area contributed by atoms with Gasteiger partial charge in [-0.3, -0.25) is 9.89 Å².